The van der Waals surface area contributed by atoms with Crippen LogP contribution in [0.1, 0.15) is 25.0 Å². The number of benzene rings is 2. The van der Waals surface area contributed by atoms with Crippen molar-refractivity contribution in [2.24, 2.45) is 5.41 Å². The maximum Gasteiger partial charge on any atom is 0.332 e. The normalized spacial score (nSPS) is 29.9. The highest BCUT2D eigenvalue weighted by Crippen LogP contribution is 2.59. The Balaban J connectivity index is 1.70. The Morgan fingerprint density at radius 3 is 2.24 bits per heavy atom. The number of amides is 1. The lowest BCUT2D eigenvalue weighted by molar-refractivity contribution is -0.184. The second kappa shape index (κ2) is 6.97. The molecule has 2 aromatic carbocycles. The van der Waals surface area contributed by atoms with Gasteiger partial charge in [-0.15, -0.1) is 0 Å². The molecule has 6 nitrogen and oxygen atoms in total. The van der Waals surface area contributed by atoms with Crippen LogP contribution >= 0.6 is 0 Å². The summed E-state index contributed by atoms with van der Waals surface area (Å²) >= 11 is 0. The first-order valence-electron chi connectivity index (χ1n) is 9.67. The summed E-state index contributed by atoms with van der Waals surface area (Å²) in [7, 11) is 1.27. The Morgan fingerprint density at radius 2 is 1.66 bits per heavy atom. The number of aliphatic hydroxyl groups is 1. The Bertz CT molecular complexity index is 913. The maximum atomic E-state index is 13.0. The molecule has 4 atom stereocenters. The van der Waals surface area contributed by atoms with Gasteiger partial charge in [-0.3, -0.25) is 4.79 Å². The number of fused-ring (bicyclic) bond motifs is 1. The van der Waals surface area contributed by atoms with Crippen LogP contribution in [0.15, 0.2) is 60.7 Å². The molecule has 2 aromatic rings. The highest BCUT2D eigenvalue weighted by Gasteiger charge is 2.75. The zero-order valence-electron chi connectivity index (χ0n) is 16.7. The first kappa shape index (κ1) is 19.6. The molecule has 0 aromatic heterocycles. The Hall–Kier alpha value is -2.70. The minimum Gasteiger partial charge on any atom is -0.467 e. The summed E-state index contributed by atoms with van der Waals surface area (Å²) in [5.41, 5.74) is -0.920. The van der Waals surface area contributed by atoms with Gasteiger partial charge in [0.2, 0.25) is 0 Å². The quantitative estimate of drug-likeness (QED) is 0.621. The fraction of sp³-hybridized carbons (Fsp3) is 0.391. The molecule has 0 spiro atoms. The smallest absolute Gasteiger partial charge is 0.332 e. The summed E-state index contributed by atoms with van der Waals surface area (Å²) in [4.78, 5) is 27.1. The van der Waals surface area contributed by atoms with Crippen LogP contribution in [0.2, 0.25) is 0 Å². The molecule has 1 N–H and O–H groups in total. The molecule has 2 aliphatic heterocycles. The highest BCUT2D eigenvalue weighted by molar-refractivity contribution is 5.95. The van der Waals surface area contributed by atoms with E-state index in [9.17, 15) is 14.7 Å². The van der Waals surface area contributed by atoms with Crippen molar-refractivity contribution in [1.29, 1.82) is 0 Å². The lowest BCUT2D eigenvalue weighted by Crippen LogP contribution is -2.68. The van der Waals surface area contributed by atoms with E-state index in [2.05, 4.69) is 0 Å². The average molecular weight is 395 g/mol. The molecule has 0 aliphatic carbocycles. The van der Waals surface area contributed by atoms with Crippen LogP contribution in [0.3, 0.4) is 0 Å². The molecule has 2 fully saturated rings. The monoisotopic (exact) mass is 395 g/mol. The van der Waals surface area contributed by atoms with Gasteiger partial charge in [0.15, 0.2) is 12.1 Å². The van der Waals surface area contributed by atoms with Gasteiger partial charge in [-0.25, -0.2) is 4.79 Å². The number of ether oxygens (including phenoxy) is 2. The zero-order valence-corrected chi connectivity index (χ0v) is 16.7. The molecule has 6 heteroatoms. The van der Waals surface area contributed by atoms with E-state index in [1.807, 2.05) is 50.2 Å². The molecular formula is C23H25NO5. The van der Waals surface area contributed by atoms with E-state index in [1.165, 1.54) is 12.0 Å². The third-order valence-corrected chi connectivity index (χ3v) is 6.39. The number of β-lactam (4-membered cyclic amide) rings is 1. The van der Waals surface area contributed by atoms with Gasteiger partial charge < -0.3 is 19.5 Å². The number of hydrogen-bond acceptors (Lipinski definition) is 5. The first-order chi connectivity index (χ1) is 13.8. The summed E-state index contributed by atoms with van der Waals surface area (Å²) in [5.74, 6) is -0.942. The van der Waals surface area contributed by atoms with Gasteiger partial charge >= 0.3 is 5.97 Å². The van der Waals surface area contributed by atoms with Gasteiger partial charge in [0.25, 0.3) is 5.91 Å². The molecule has 2 heterocycles. The number of esters is 1. The van der Waals surface area contributed by atoms with Gasteiger partial charge in [-0.1, -0.05) is 74.5 Å². The van der Waals surface area contributed by atoms with E-state index in [4.69, 9.17) is 9.47 Å². The minimum atomic E-state index is -1.60. The van der Waals surface area contributed by atoms with Crippen molar-refractivity contribution in [2.75, 3.05) is 7.11 Å². The van der Waals surface area contributed by atoms with Crippen LogP contribution in [-0.2, 0) is 31.3 Å². The number of carbonyl (C=O) groups excluding carboxylic acids is 2. The summed E-state index contributed by atoms with van der Waals surface area (Å²) in [6.07, 6.45) is -0.727. The molecule has 152 valence electrons. The van der Waals surface area contributed by atoms with Crippen LogP contribution in [0.25, 0.3) is 0 Å². The molecule has 0 radical (unpaired) electrons. The lowest BCUT2D eigenvalue weighted by atomic mass is 9.65. The Morgan fingerprint density at radius 1 is 1.07 bits per heavy atom. The summed E-state index contributed by atoms with van der Waals surface area (Å²) in [6, 6.07) is 17.0. The average Bonchev–Trinajstić information content (AvgIpc) is 2.91. The highest BCUT2D eigenvalue weighted by atomic mass is 16.5. The second-order valence-electron chi connectivity index (χ2n) is 8.19. The number of nitrogens with zero attached hydrogens (tertiary/aromatic N) is 1. The fourth-order valence-electron chi connectivity index (χ4n) is 4.82. The molecule has 0 saturated carbocycles. The predicted molar refractivity (Wildman–Crippen MR) is 106 cm³/mol. The number of hydrogen-bond donors (Lipinski definition) is 1. The van der Waals surface area contributed by atoms with Crippen molar-refractivity contribution in [2.45, 2.75) is 44.2 Å². The second-order valence-corrected chi connectivity index (χ2v) is 8.19. The Kier molecular flexibility index (Phi) is 4.71. The molecule has 4 rings (SSSR count). The van der Waals surface area contributed by atoms with Gasteiger partial charge in [0.05, 0.1) is 19.8 Å². The van der Waals surface area contributed by atoms with Crippen molar-refractivity contribution in [1.82, 2.24) is 4.90 Å². The SMILES string of the molecule is COC(=O)[C@H]1N2C(=O)[C@@H](OCc3ccccc3)[C@@H]2C(C)(C)[C@]1(O)c1ccccc1. The van der Waals surface area contributed by atoms with Crippen LogP contribution in [0.4, 0.5) is 0 Å². The van der Waals surface area contributed by atoms with Crippen LogP contribution in [-0.4, -0.2) is 47.2 Å². The van der Waals surface area contributed by atoms with E-state index >= 15 is 0 Å². The topological polar surface area (TPSA) is 76.1 Å². The summed E-state index contributed by atoms with van der Waals surface area (Å²) in [5, 5.41) is 11.9. The third kappa shape index (κ3) is 2.70. The van der Waals surface area contributed by atoms with Crippen molar-refractivity contribution < 1.29 is 24.2 Å². The number of methoxy groups -OCH3 is 1. The molecule has 0 unspecified atom stereocenters. The Labute approximate surface area is 170 Å². The fourth-order valence-corrected chi connectivity index (χ4v) is 4.82. The van der Waals surface area contributed by atoms with E-state index in [0.717, 1.165) is 5.56 Å². The molecule has 2 aliphatic rings. The van der Waals surface area contributed by atoms with Gasteiger partial charge in [-0.05, 0) is 11.1 Å². The summed E-state index contributed by atoms with van der Waals surface area (Å²) in [6.45, 7) is 4.02. The molecule has 1 amide bonds. The maximum absolute atomic E-state index is 13.0. The number of rotatable bonds is 5. The largest absolute Gasteiger partial charge is 0.467 e. The molecule has 29 heavy (non-hydrogen) atoms. The molecule has 0 bridgehead atoms. The first-order valence-corrected chi connectivity index (χ1v) is 9.67. The van der Waals surface area contributed by atoms with Crippen LogP contribution < -0.4 is 0 Å². The van der Waals surface area contributed by atoms with Crippen LogP contribution in [0.5, 0.6) is 0 Å². The van der Waals surface area contributed by atoms with E-state index in [0.29, 0.717) is 5.56 Å². The van der Waals surface area contributed by atoms with Crippen molar-refractivity contribution >= 4 is 11.9 Å². The van der Waals surface area contributed by atoms with E-state index < -0.39 is 35.2 Å². The van der Waals surface area contributed by atoms with E-state index in [1.54, 1.807) is 24.3 Å². The van der Waals surface area contributed by atoms with Gasteiger partial charge in [-0.2, -0.15) is 0 Å². The molecular weight excluding hydrogens is 370 g/mol. The van der Waals surface area contributed by atoms with Gasteiger partial charge in [0, 0.05) is 5.41 Å². The van der Waals surface area contributed by atoms with Crippen LogP contribution in [0, 0.1) is 5.41 Å². The van der Waals surface area contributed by atoms with E-state index in [-0.39, 0.29) is 12.5 Å². The number of carbonyl (C=O) groups is 2. The van der Waals surface area contributed by atoms with Crippen molar-refractivity contribution in [3.05, 3.63) is 71.8 Å². The predicted octanol–water partition coefficient (Wildman–Crippen LogP) is 2.25. The third-order valence-electron chi connectivity index (χ3n) is 6.39. The van der Waals surface area contributed by atoms with Crippen molar-refractivity contribution in [3.8, 4) is 0 Å². The standard InChI is InChI=1S/C23H25NO5/c1-22(2)18-17(29-14-15-10-6-4-7-11-15)20(25)24(18)19(21(26)28-3)23(22,27)16-12-8-5-9-13-16/h4-13,17-19,27H,14H2,1-3H3/t17-,18+,19+,23-/m0/s1. The zero-order chi connectivity index (χ0) is 20.8. The van der Waals surface area contributed by atoms with Crippen molar-refractivity contribution in [3.63, 3.8) is 0 Å². The lowest BCUT2D eigenvalue weighted by Gasteiger charge is -2.48. The summed E-state index contributed by atoms with van der Waals surface area (Å²) < 4.78 is 10.9. The van der Waals surface area contributed by atoms with Gasteiger partial charge in [0.1, 0.15) is 5.60 Å². The minimum absolute atomic E-state index is 0.282. The molecule has 2 saturated heterocycles.